The number of carbonyl (C=O) groups excluding carboxylic acids is 2. The van der Waals surface area contributed by atoms with Crippen molar-refractivity contribution >= 4 is 29.4 Å². The summed E-state index contributed by atoms with van der Waals surface area (Å²) in [7, 11) is 2.99. The molecule has 1 heterocycles. The van der Waals surface area contributed by atoms with Crippen molar-refractivity contribution in [3.63, 3.8) is 0 Å². The number of hydrogen-bond acceptors (Lipinski definition) is 6. The van der Waals surface area contributed by atoms with Gasteiger partial charge in [-0.05, 0) is 36.1 Å². The van der Waals surface area contributed by atoms with Crippen LogP contribution in [-0.2, 0) is 4.79 Å². The van der Waals surface area contributed by atoms with Gasteiger partial charge in [-0.15, -0.1) is 11.3 Å². The van der Waals surface area contributed by atoms with Crippen LogP contribution in [0.15, 0.2) is 34.7 Å². The highest BCUT2D eigenvalue weighted by molar-refractivity contribution is 7.11. The fourth-order valence-corrected chi connectivity index (χ4v) is 2.71. The third kappa shape index (κ3) is 5.32. The lowest BCUT2D eigenvalue weighted by molar-refractivity contribution is -0.120. The van der Waals surface area contributed by atoms with Gasteiger partial charge in [0.15, 0.2) is 0 Å². The Balaban J connectivity index is 1.88. The summed E-state index contributed by atoms with van der Waals surface area (Å²) in [6, 6.07) is 6.75. The minimum atomic E-state index is -0.423. The highest BCUT2D eigenvalue weighted by Gasteiger charge is 2.11. The van der Waals surface area contributed by atoms with Crippen molar-refractivity contribution in [3.05, 3.63) is 45.6 Å². The molecule has 132 valence electrons. The SMILES string of the molecule is COc1cc(OC)cc(C(=O)NCC(=O)N/N=C/c2sccc2C)c1. The van der Waals surface area contributed by atoms with E-state index in [4.69, 9.17) is 9.47 Å². The Morgan fingerprint density at radius 2 is 1.88 bits per heavy atom. The minimum absolute atomic E-state index is 0.195. The van der Waals surface area contributed by atoms with E-state index in [0.29, 0.717) is 17.1 Å². The first-order chi connectivity index (χ1) is 12.0. The lowest BCUT2D eigenvalue weighted by Gasteiger charge is -2.08. The number of ether oxygens (including phenoxy) is 2. The van der Waals surface area contributed by atoms with Crippen LogP contribution in [-0.4, -0.2) is 38.8 Å². The van der Waals surface area contributed by atoms with Gasteiger partial charge in [-0.3, -0.25) is 9.59 Å². The number of rotatable bonds is 7. The maximum Gasteiger partial charge on any atom is 0.259 e. The maximum absolute atomic E-state index is 12.2. The monoisotopic (exact) mass is 361 g/mol. The Kier molecular flexibility index (Phi) is 6.53. The molecule has 0 aliphatic rings. The summed E-state index contributed by atoms with van der Waals surface area (Å²) in [5, 5.41) is 8.34. The van der Waals surface area contributed by atoms with E-state index < -0.39 is 11.8 Å². The van der Waals surface area contributed by atoms with Crippen LogP contribution in [0.1, 0.15) is 20.8 Å². The van der Waals surface area contributed by atoms with Gasteiger partial charge in [0.1, 0.15) is 11.5 Å². The summed E-state index contributed by atoms with van der Waals surface area (Å²) >= 11 is 1.53. The van der Waals surface area contributed by atoms with Crippen LogP contribution in [0.25, 0.3) is 0 Å². The topological polar surface area (TPSA) is 89.0 Å². The highest BCUT2D eigenvalue weighted by atomic mass is 32.1. The van der Waals surface area contributed by atoms with Gasteiger partial charge in [-0.2, -0.15) is 5.10 Å². The van der Waals surface area contributed by atoms with E-state index in [9.17, 15) is 9.59 Å². The maximum atomic E-state index is 12.2. The van der Waals surface area contributed by atoms with Crippen molar-refractivity contribution in [3.8, 4) is 11.5 Å². The van der Waals surface area contributed by atoms with E-state index in [0.717, 1.165) is 10.4 Å². The first-order valence-electron chi connectivity index (χ1n) is 7.40. The molecule has 1 aromatic carbocycles. The fraction of sp³-hybridized carbons (Fsp3) is 0.235. The molecular weight excluding hydrogens is 342 g/mol. The molecule has 0 bridgehead atoms. The van der Waals surface area contributed by atoms with Crippen LogP contribution in [0, 0.1) is 6.92 Å². The second-order valence-corrected chi connectivity index (χ2v) is 5.99. The second kappa shape index (κ2) is 8.84. The van der Waals surface area contributed by atoms with E-state index in [-0.39, 0.29) is 6.54 Å². The predicted molar refractivity (Wildman–Crippen MR) is 96.7 cm³/mol. The first kappa shape index (κ1) is 18.5. The molecule has 0 aliphatic carbocycles. The predicted octanol–water partition coefficient (Wildman–Crippen LogP) is 1.95. The van der Waals surface area contributed by atoms with Crippen molar-refractivity contribution in [2.45, 2.75) is 6.92 Å². The molecule has 0 saturated carbocycles. The van der Waals surface area contributed by atoms with E-state index in [1.54, 1.807) is 24.4 Å². The molecule has 0 fully saturated rings. The molecule has 0 radical (unpaired) electrons. The van der Waals surface area contributed by atoms with Crippen LogP contribution < -0.4 is 20.2 Å². The number of hydrazone groups is 1. The standard InChI is InChI=1S/C17H19N3O4S/c1-11-4-5-25-15(11)9-19-20-16(21)10-18-17(22)12-6-13(23-2)8-14(7-12)24-3/h4-9H,10H2,1-3H3,(H,18,22)(H,20,21)/b19-9+. The number of nitrogens with zero attached hydrogens (tertiary/aromatic N) is 1. The Morgan fingerprint density at radius 1 is 1.20 bits per heavy atom. The van der Waals surface area contributed by atoms with Gasteiger partial charge in [0.25, 0.3) is 11.8 Å². The molecule has 0 unspecified atom stereocenters. The molecule has 2 N–H and O–H groups in total. The molecule has 25 heavy (non-hydrogen) atoms. The fourth-order valence-electron chi connectivity index (χ4n) is 1.92. The second-order valence-electron chi connectivity index (χ2n) is 5.05. The summed E-state index contributed by atoms with van der Waals surface area (Å²) in [6.07, 6.45) is 1.58. The zero-order chi connectivity index (χ0) is 18.2. The molecule has 0 aliphatic heterocycles. The average molecular weight is 361 g/mol. The quantitative estimate of drug-likeness (QED) is 0.583. The van der Waals surface area contributed by atoms with E-state index in [2.05, 4.69) is 15.8 Å². The minimum Gasteiger partial charge on any atom is -0.497 e. The highest BCUT2D eigenvalue weighted by Crippen LogP contribution is 2.22. The molecule has 0 spiro atoms. The van der Waals surface area contributed by atoms with Crippen molar-refractivity contribution in [1.82, 2.24) is 10.7 Å². The molecule has 2 aromatic rings. The lowest BCUT2D eigenvalue weighted by atomic mass is 10.2. The molecule has 7 nitrogen and oxygen atoms in total. The van der Waals surface area contributed by atoms with Crippen molar-refractivity contribution < 1.29 is 19.1 Å². The van der Waals surface area contributed by atoms with Crippen LogP contribution in [0.3, 0.4) is 0 Å². The van der Waals surface area contributed by atoms with Gasteiger partial charge in [0.2, 0.25) is 0 Å². The number of aryl methyl sites for hydroxylation is 1. The molecule has 0 atom stereocenters. The van der Waals surface area contributed by atoms with Crippen LogP contribution in [0.2, 0.25) is 0 Å². The molecule has 1 aromatic heterocycles. The summed E-state index contributed by atoms with van der Waals surface area (Å²) < 4.78 is 10.2. The Hall–Kier alpha value is -2.87. The van der Waals surface area contributed by atoms with E-state index >= 15 is 0 Å². The van der Waals surface area contributed by atoms with Crippen molar-refractivity contribution in [1.29, 1.82) is 0 Å². The van der Waals surface area contributed by atoms with Crippen LogP contribution >= 0.6 is 11.3 Å². The van der Waals surface area contributed by atoms with Crippen LogP contribution in [0.5, 0.6) is 11.5 Å². The molecule has 0 saturated heterocycles. The lowest BCUT2D eigenvalue weighted by Crippen LogP contribution is -2.34. The summed E-state index contributed by atoms with van der Waals surface area (Å²) in [5.41, 5.74) is 3.79. The van der Waals surface area contributed by atoms with Crippen molar-refractivity contribution in [2.75, 3.05) is 20.8 Å². The third-order valence-electron chi connectivity index (χ3n) is 3.30. The summed E-state index contributed by atoms with van der Waals surface area (Å²) in [4.78, 5) is 24.9. The van der Waals surface area contributed by atoms with Gasteiger partial charge in [-0.25, -0.2) is 5.43 Å². The van der Waals surface area contributed by atoms with Gasteiger partial charge in [-0.1, -0.05) is 0 Å². The largest absolute Gasteiger partial charge is 0.497 e. The zero-order valence-corrected chi connectivity index (χ0v) is 15.0. The number of amides is 2. The third-order valence-corrected chi connectivity index (χ3v) is 4.25. The van der Waals surface area contributed by atoms with Gasteiger partial charge < -0.3 is 14.8 Å². The Labute approximate surface area is 149 Å². The molecular formula is C17H19N3O4S. The first-order valence-corrected chi connectivity index (χ1v) is 8.28. The summed E-state index contributed by atoms with van der Waals surface area (Å²) in [6.45, 7) is 1.77. The Bertz CT molecular complexity index is 764. The number of benzene rings is 1. The van der Waals surface area contributed by atoms with Gasteiger partial charge in [0.05, 0.1) is 27.0 Å². The number of nitrogens with one attached hydrogen (secondary N) is 2. The molecule has 8 heteroatoms. The number of carbonyl (C=O) groups is 2. The Morgan fingerprint density at radius 3 is 2.44 bits per heavy atom. The average Bonchev–Trinajstić information content (AvgIpc) is 3.04. The number of hydrogen-bond donors (Lipinski definition) is 2. The zero-order valence-electron chi connectivity index (χ0n) is 14.2. The van der Waals surface area contributed by atoms with Gasteiger partial charge in [0, 0.05) is 16.5 Å². The van der Waals surface area contributed by atoms with E-state index in [1.165, 1.54) is 25.6 Å². The summed E-state index contributed by atoms with van der Waals surface area (Å²) in [5.74, 6) is 0.147. The van der Waals surface area contributed by atoms with E-state index in [1.807, 2.05) is 18.4 Å². The normalized spacial score (nSPS) is 10.5. The van der Waals surface area contributed by atoms with Crippen molar-refractivity contribution in [2.24, 2.45) is 5.10 Å². The number of thiophene rings is 1. The smallest absolute Gasteiger partial charge is 0.259 e. The number of methoxy groups -OCH3 is 2. The van der Waals surface area contributed by atoms with Gasteiger partial charge >= 0.3 is 0 Å². The molecule has 2 amide bonds. The molecule has 2 rings (SSSR count). The van der Waals surface area contributed by atoms with Crippen LogP contribution in [0.4, 0.5) is 0 Å².